The van der Waals surface area contributed by atoms with Crippen molar-refractivity contribution in [1.29, 1.82) is 0 Å². The van der Waals surface area contributed by atoms with Crippen molar-refractivity contribution in [3.63, 3.8) is 0 Å². The standard InChI is InChI=1S/C27H34N2O7.C24H36N2O6.C20H31NO3/c1-17(2)11-19-15-28-10-9-18-13-25(33-3)26(34-4)14-23(18)24(28)12-20(19)16-35-27(30)36-22-7-5-21(6-8-22)29(31)32;1-15(2)9-17-13-26-8-6-16-11-21(30-3)22(31-4)12-19(16)20(26)10-18(17)14-32-24(29)25-7-5-23(27)28;1-13(2)7-15-11-21-6-5-14-9-19(23-3)20(24-4)10-17(14)18(21)8-16(15)12-22/h5-8,13-14,17,19-20,24H,9-12,15-16H2,1-4H3;11-12,15,17-18,20H,5-10,13-14H2,1-4H3,(H,25,29)(H,27,28);9-10,13,15-16,18,22H,5-8,11-12H2,1-4H3/t19-,20+,24-;17-,18+,20-;15-,16+,18-/m111/s1. The molecule has 0 unspecified atom stereocenters. The molecular formula is C71H101N5O16. The summed E-state index contributed by atoms with van der Waals surface area (Å²) in [6.45, 7) is 20.5. The Hall–Kier alpha value is -7.07. The summed E-state index contributed by atoms with van der Waals surface area (Å²) >= 11 is 0. The van der Waals surface area contributed by atoms with Crippen molar-refractivity contribution in [2.24, 2.45) is 53.3 Å². The minimum Gasteiger partial charge on any atom is -0.493 e. The van der Waals surface area contributed by atoms with Gasteiger partial charge in [0, 0.05) is 82.7 Å². The van der Waals surface area contributed by atoms with Gasteiger partial charge in [-0.2, -0.15) is 0 Å². The number of nitrogens with one attached hydrogen (secondary N) is 1. The van der Waals surface area contributed by atoms with Crippen LogP contribution in [-0.4, -0.2) is 156 Å². The smallest absolute Gasteiger partial charge is 0.493 e. The number of aliphatic hydroxyl groups is 1. The number of non-ortho nitro benzene ring substituents is 1. The zero-order valence-corrected chi connectivity index (χ0v) is 56.2. The number of amides is 1. The molecule has 0 radical (unpaired) electrons. The molecule has 3 saturated heterocycles. The van der Waals surface area contributed by atoms with Crippen LogP contribution in [0.2, 0.25) is 0 Å². The summed E-state index contributed by atoms with van der Waals surface area (Å²) in [4.78, 5) is 53.2. The number of hydrogen-bond donors (Lipinski definition) is 3. The molecule has 10 rings (SSSR count). The van der Waals surface area contributed by atoms with Gasteiger partial charge >= 0.3 is 18.2 Å². The summed E-state index contributed by atoms with van der Waals surface area (Å²) < 4.78 is 49.4. The van der Waals surface area contributed by atoms with Crippen LogP contribution >= 0.6 is 0 Å². The van der Waals surface area contributed by atoms with Gasteiger partial charge in [-0.1, -0.05) is 41.5 Å². The maximum atomic E-state index is 12.4. The summed E-state index contributed by atoms with van der Waals surface area (Å²) in [6, 6.07) is 18.9. The van der Waals surface area contributed by atoms with E-state index < -0.39 is 23.1 Å². The number of carboxylic acid groups (broad SMARTS) is 1. The molecule has 3 fully saturated rings. The van der Waals surface area contributed by atoms with Gasteiger partial charge in [0.05, 0.1) is 67.2 Å². The average molecular weight is 1280 g/mol. The summed E-state index contributed by atoms with van der Waals surface area (Å²) in [5.74, 6) is 7.88. The Morgan fingerprint density at radius 2 is 0.902 bits per heavy atom. The Kier molecular flexibility index (Phi) is 25.5. The fourth-order valence-electron chi connectivity index (χ4n) is 15.2. The number of carbonyl (C=O) groups excluding carboxylic acids is 2. The first kappa shape index (κ1) is 70.8. The molecule has 6 heterocycles. The Morgan fingerprint density at radius 3 is 1.25 bits per heavy atom. The molecule has 0 aromatic heterocycles. The first-order chi connectivity index (χ1) is 44.2. The molecule has 4 aromatic rings. The minimum absolute atomic E-state index is 0.0685. The molecule has 0 aliphatic carbocycles. The highest BCUT2D eigenvalue weighted by Gasteiger charge is 2.43. The Morgan fingerprint density at radius 1 is 0.543 bits per heavy atom. The zero-order valence-electron chi connectivity index (χ0n) is 56.2. The number of nitrogens with zero attached hydrogens (tertiary/aromatic N) is 4. The van der Waals surface area contributed by atoms with E-state index in [1.165, 1.54) is 64.1 Å². The van der Waals surface area contributed by atoms with E-state index in [4.69, 9.17) is 47.7 Å². The number of rotatable bonds is 22. The third-order valence-electron chi connectivity index (χ3n) is 19.6. The Balaban J connectivity index is 0.000000181. The molecule has 1 amide bonds. The van der Waals surface area contributed by atoms with E-state index >= 15 is 0 Å². The summed E-state index contributed by atoms with van der Waals surface area (Å²) in [5, 5.41) is 32.0. The first-order valence-corrected chi connectivity index (χ1v) is 33.0. The number of aliphatic hydroxyl groups excluding tert-OH is 1. The third kappa shape index (κ3) is 18.0. The van der Waals surface area contributed by atoms with Gasteiger partial charge in [-0.15, -0.1) is 0 Å². The third-order valence-corrected chi connectivity index (χ3v) is 19.6. The van der Waals surface area contributed by atoms with Gasteiger partial charge in [-0.05, 0) is 193 Å². The number of carbonyl (C=O) groups is 3. The maximum absolute atomic E-state index is 12.4. The predicted molar refractivity (Wildman–Crippen MR) is 350 cm³/mol. The van der Waals surface area contributed by atoms with Gasteiger partial charge in [0.25, 0.3) is 5.69 Å². The van der Waals surface area contributed by atoms with Crippen molar-refractivity contribution in [3.05, 3.63) is 104 Å². The lowest BCUT2D eigenvalue weighted by Crippen LogP contribution is -2.47. The number of fused-ring (bicyclic) bond motifs is 9. The second kappa shape index (κ2) is 33.2. The van der Waals surface area contributed by atoms with Crippen LogP contribution in [0.1, 0.15) is 138 Å². The fourth-order valence-corrected chi connectivity index (χ4v) is 15.2. The molecule has 21 heteroatoms. The number of nitro groups is 1. The molecule has 3 N–H and O–H groups in total. The van der Waals surface area contributed by atoms with Gasteiger partial charge in [-0.25, -0.2) is 9.59 Å². The van der Waals surface area contributed by atoms with Crippen molar-refractivity contribution < 1.29 is 72.2 Å². The largest absolute Gasteiger partial charge is 0.513 e. The van der Waals surface area contributed by atoms with E-state index in [1.807, 2.05) is 0 Å². The van der Waals surface area contributed by atoms with Crippen LogP contribution in [-0.2, 0) is 33.5 Å². The Bertz CT molecular complexity index is 3100. The van der Waals surface area contributed by atoms with Gasteiger partial charge in [0.1, 0.15) is 5.75 Å². The highest BCUT2D eigenvalue weighted by Crippen LogP contribution is 2.49. The van der Waals surface area contributed by atoms with Crippen LogP contribution < -0.4 is 38.5 Å². The number of alkyl carbamates (subject to hydrolysis) is 1. The van der Waals surface area contributed by atoms with E-state index in [9.17, 15) is 29.6 Å². The number of aliphatic carboxylic acids is 1. The molecule has 0 bridgehead atoms. The van der Waals surface area contributed by atoms with Gasteiger partial charge in [-0.3, -0.25) is 29.6 Å². The number of piperidine rings is 3. The van der Waals surface area contributed by atoms with E-state index in [1.54, 1.807) is 42.7 Å². The number of carboxylic acids is 1. The normalized spacial score (nSPS) is 23.2. The molecule has 4 aromatic carbocycles. The van der Waals surface area contributed by atoms with Crippen LogP contribution in [0.4, 0.5) is 15.3 Å². The lowest BCUT2D eigenvalue weighted by molar-refractivity contribution is -0.384. The molecule has 6 aliphatic rings. The van der Waals surface area contributed by atoms with Crippen LogP contribution in [0, 0.1) is 63.4 Å². The van der Waals surface area contributed by atoms with E-state index in [2.05, 4.69) is 98.0 Å². The minimum atomic E-state index is -0.947. The molecule has 9 atom stereocenters. The zero-order chi connectivity index (χ0) is 66.3. The van der Waals surface area contributed by atoms with E-state index in [0.29, 0.717) is 60.7 Å². The molecule has 21 nitrogen and oxygen atoms in total. The SMILES string of the molecule is COc1cc2c(cc1OC)[C@H]1C[C@@H](CO)[C@H](CC(C)C)CN1CC2.COc1cc2c(cc1OC)[C@H]1C[C@@H](COC(=O)NCCC(=O)O)[C@H](CC(C)C)CN1CC2.COc1cc2c(cc1OC)[C@H]1C[C@@H](COC(=O)Oc3ccc([N+](=O)[O-])cc3)[C@H](CC(C)C)CN1CC2. The van der Waals surface area contributed by atoms with Crippen LogP contribution in [0.25, 0.3) is 0 Å². The van der Waals surface area contributed by atoms with Crippen molar-refractivity contribution in [1.82, 2.24) is 20.0 Å². The van der Waals surface area contributed by atoms with Crippen LogP contribution in [0.5, 0.6) is 40.2 Å². The highest BCUT2D eigenvalue weighted by atomic mass is 16.7. The van der Waals surface area contributed by atoms with E-state index in [0.717, 1.165) is 125 Å². The molecule has 92 heavy (non-hydrogen) atoms. The van der Waals surface area contributed by atoms with Crippen LogP contribution in [0.3, 0.4) is 0 Å². The summed E-state index contributed by atoms with van der Waals surface area (Å²) in [5.41, 5.74) is 7.74. The van der Waals surface area contributed by atoms with Crippen LogP contribution in [0.15, 0.2) is 60.7 Å². The van der Waals surface area contributed by atoms with Gasteiger partial charge in [0.15, 0.2) is 34.5 Å². The number of nitro benzene ring substituents is 1. The van der Waals surface area contributed by atoms with Crippen molar-refractivity contribution in [3.8, 4) is 40.2 Å². The molecule has 6 aliphatic heterocycles. The van der Waals surface area contributed by atoms with E-state index in [-0.39, 0.29) is 54.9 Å². The number of benzene rings is 4. The Labute approximate surface area is 543 Å². The quantitative estimate of drug-likeness (QED) is 0.0287. The second-order valence-corrected chi connectivity index (χ2v) is 26.9. The lowest BCUT2D eigenvalue weighted by Gasteiger charge is -2.47. The predicted octanol–water partition coefficient (Wildman–Crippen LogP) is 12.2. The lowest BCUT2D eigenvalue weighted by atomic mass is 9.74. The van der Waals surface area contributed by atoms with Gasteiger partial charge < -0.3 is 58.2 Å². The second-order valence-electron chi connectivity index (χ2n) is 26.9. The highest BCUT2D eigenvalue weighted by molar-refractivity contribution is 5.70. The molecule has 0 saturated carbocycles. The number of methoxy groups -OCH3 is 6. The summed E-state index contributed by atoms with van der Waals surface area (Å²) in [6.07, 6.45) is 7.67. The molecule has 506 valence electrons. The first-order valence-electron chi connectivity index (χ1n) is 33.0. The monoisotopic (exact) mass is 1280 g/mol. The van der Waals surface area contributed by atoms with Crippen molar-refractivity contribution >= 4 is 23.9 Å². The molecule has 0 spiro atoms. The van der Waals surface area contributed by atoms with Gasteiger partial charge in [0.2, 0.25) is 0 Å². The molecular weight excluding hydrogens is 1180 g/mol. The topological polar surface area (TPSA) is 240 Å². The maximum Gasteiger partial charge on any atom is 0.513 e. The summed E-state index contributed by atoms with van der Waals surface area (Å²) in [7, 11) is 10.0. The fraction of sp³-hybridized carbons (Fsp3) is 0.620. The number of ether oxygens (including phenoxy) is 9. The average Bonchev–Trinajstić information content (AvgIpc) is 0.784. The van der Waals surface area contributed by atoms with Crippen molar-refractivity contribution in [2.75, 3.05) is 108 Å². The number of hydrogen-bond acceptors (Lipinski definition) is 18. The van der Waals surface area contributed by atoms with Crippen molar-refractivity contribution in [2.45, 2.75) is 124 Å².